The fraction of sp³-hybridized carbons (Fsp3) is 0.312. The van der Waals surface area contributed by atoms with Gasteiger partial charge in [0.15, 0.2) is 0 Å². The average molecular weight is 617 g/mol. The van der Waals surface area contributed by atoms with E-state index in [2.05, 4.69) is 10.3 Å². The number of nitrogens with zero attached hydrogens (tertiary/aromatic N) is 5. The lowest BCUT2D eigenvalue weighted by Gasteiger charge is -2.37. The fourth-order valence-electron chi connectivity index (χ4n) is 5.67. The first-order valence-electron chi connectivity index (χ1n) is 14.1. The van der Waals surface area contributed by atoms with E-state index in [0.29, 0.717) is 0 Å². The van der Waals surface area contributed by atoms with Crippen molar-refractivity contribution < 1.29 is 23.2 Å². The SMILES string of the molecule is N#Cc1cccc(N(C(=O)[C@@H]2CCC(=O)N2c2cc(C#N)ccn2)[C@H](C(=O)NC2CCC(F)(F)CC2)c2ccccc2Cl)c1. The fourth-order valence-corrected chi connectivity index (χ4v) is 5.91. The molecule has 1 aliphatic heterocycles. The summed E-state index contributed by atoms with van der Waals surface area (Å²) in [6.07, 6.45) is 0.822. The summed E-state index contributed by atoms with van der Waals surface area (Å²) in [6, 6.07) is 16.4. The lowest BCUT2D eigenvalue weighted by Crippen LogP contribution is -2.53. The molecule has 1 aromatic heterocycles. The van der Waals surface area contributed by atoms with E-state index in [1.165, 1.54) is 34.2 Å². The predicted molar refractivity (Wildman–Crippen MR) is 158 cm³/mol. The Morgan fingerprint density at radius 3 is 2.43 bits per heavy atom. The summed E-state index contributed by atoms with van der Waals surface area (Å²) in [5.41, 5.74) is 0.924. The third-order valence-corrected chi connectivity index (χ3v) is 8.22. The van der Waals surface area contributed by atoms with Crippen molar-refractivity contribution in [2.45, 2.75) is 62.6 Å². The Hall–Kier alpha value is -4.87. The number of rotatable bonds is 7. The van der Waals surface area contributed by atoms with Crippen LogP contribution in [0.15, 0.2) is 66.9 Å². The summed E-state index contributed by atoms with van der Waals surface area (Å²) in [4.78, 5) is 48.6. The summed E-state index contributed by atoms with van der Waals surface area (Å²) in [5.74, 6) is -4.38. The van der Waals surface area contributed by atoms with Gasteiger partial charge in [-0.2, -0.15) is 10.5 Å². The number of pyridine rings is 1. The van der Waals surface area contributed by atoms with Gasteiger partial charge in [0.1, 0.15) is 17.9 Å². The molecule has 0 radical (unpaired) electrons. The molecule has 5 rings (SSSR count). The molecule has 2 atom stereocenters. The van der Waals surface area contributed by atoms with Crippen LogP contribution in [0.1, 0.15) is 61.3 Å². The molecule has 9 nitrogen and oxygen atoms in total. The second kappa shape index (κ2) is 12.8. The lowest BCUT2D eigenvalue weighted by molar-refractivity contribution is -0.128. The summed E-state index contributed by atoms with van der Waals surface area (Å²) in [7, 11) is 0. The Bertz CT molecular complexity index is 1680. The lowest BCUT2D eigenvalue weighted by atomic mass is 9.91. The number of carbonyl (C=O) groups excluding carboxylic acids is 3. The highest BCUT2D eigenvalue weighted by molar-refractivity contribution is 6.31. The van der Waals surface area contributed by atoms with Gasteiger partial charge in [0.2, 0.25) is 17.7 Å². The summed E-state index contributed by atoms with van der Waals surface area (Å²) < 4.78 is 27.8. The Kier molecular flexibility index (Phi) is 8.88. The molecule has 0 unspecified atom stereocenters. The Morgan fingerprint density at radius 2 is 1.73 bits per heavy atom. The van der Waals surface area contributed by atoms with Gasteiger partial charge in [0.25, 0.3) is 5.91 Å². The van der Waals surface area contributed by atoms with Crippen LogP contribution in [0.3, 0.4) is 0 Å². The third kappa shape index (κ3) is 6.38. The van der Waals surface area contributed by atoms with Gasteiger partial charge in [-0.05, 0) is 55.7 Å². The first-order valence-corrected chi connectivity index (χ1v) is 14.4. The van der Waals surface area contributed by atoms with Crippen molar-refractivity contribution in [2.75, 3.05) is 9.80 Å². The topological polar surface area (TPSA) is 130 Å². The number of aromatic nitrogens is 1. The minimum absolute atomic E-state index is 0.0141. The minimum Gasteiger partial charge on any atom is -0.351 e. The van der Waals surface area contributed by atoms with Crippen LogP contribution in [0.2, 0.25) is 5.02 Å². The maximum atomic E-state index is 14.7. The van der Waals surface area contributed by atoms with Gasteiger partial charge in [-0.15, -0.1) is 0 Å². The number of alkyl halides is 2. The van der Waals surface area contributed by atoms with Gasteiger partial charge < -0.3 is 5.32 Å². The molecule has 2 aliphatic rings. The van der Waals surface area contributed by atoms with E-state index in [-0.39, 0.29) is 71.7 Å². The van der Waals surface area contributed by atoms with Gasteiger partial charge in [-0.1, -0.05) is 35.9 Å². The summed E-state index contributed by atoms with van der Waals surface area (Å²) in [6.45, 7) is 0. The van der Waals surface area contributed by atoms with E-state index in [4.69, 9.17) is 11.6 Å². The minimum atomic E-state index is -2.81. The molecule has 1 N–H and O–H groups in total. The van der Waals surface area contributed by atoms with Gasteiger partial charge in [-0.3, -0.25) is 24.2 Å². The van der Waals surface area contributed by atoms with Crippen LogP contribution in [0, 0.1) is 22.7 Å². The number of halogens is 3. The second-order valence-electron chi connectivity index (χ2n) is 10.8. The van der Waals surface area contributed by atoms with Crippen LogP contribution in [0.4, 0.5) is 20.3 Å². The zero-order chi connectivity index (χ0) is 31.4. The molecule has 2 fully saturated rings. The molecule has 2 aromatic carbocycles. The molecule has 12 heteroatoms. The van der Waals surface area contributed by atoms with Crippen LogP contribution >= 0.6 is 11.6 Å². The maximum Gasteiger partial charge on any atom is 0.251 e. The highest BCUT2D eigenvalue weighted by atomic mass is 35.5. The first-order chi connectivity index (χ1) is 21.1. The molecule has 1 saturated heterocycles. The number of amides is 3. The Labute approximate surface area is 257 Å². The highest BCUT2D eigenvalue weighted by Gasteiger charge is 2.45. The molecular formula is C32H27ClF2N6O3. The smallest absolute Gasteiger partial charge is 0.251 e. The van der Waals surface area contributed by atoms with Crippen molar-refractivity contribution in [1.29, 1.82) is 10.5 Å². The summed E-state index contributed by atoms with van der Waals surface area (Å²) >= 11 is 6.60. The van der Waals surface area contributed by atoms with Gasteiger partial charge in [0, 0.05) is 47.8 Å². The molecular weight excluding hydrogens is 590 g/mol. The molecule has 1 aliphatic carbocycles. The molecule has 2 heterocycles. The van der Waals surface area contributed by atoms with Crippen molar-refractivity contribution in [2.24, 2.45) is 0 Å². The number of anilines is 2. The first kappa shape index (κ1) is 30.6. The average Bonchev–Trinajstić information content (AvgIpc) is 3.42. The van der Waals surface area contributed by atoms with Crippen molar-refractivity contribution in [3.8, 4) is 12.1 Å². The quantitative estimate of drug-likeness (QED) is 0.376. The summed E-state index contributed by atoms with van der Waals surface area (Å²) in [5, 5.41) is 22.1. The van der Waals surface area contributed by atoms with Crippen LogP contribution in [-0.4, -0.2) is 40.7 Å². The number of benzene rings is 2. The van der Waals surface area contributed by atoms with E-state index >= 15 is 0 Å². The Balaban J connectivity index is 1.61. The van der Waals surface area contributed by atoms with Gasteiger partial charge in [-0.25, -0.2) is 13.8 Å². The number of carbonyl (C=O) groups is 3. The van der Waals surface area contributed by atoms with E-state index in [1.54, 1.807) is 42.5 Å². The van der Waals surface area contributed by atoms with Crippen LogP contribution in [-0.2, 0) is 14.4 Å². The van der Waals surface area contributed by atoms with Crippen molar-refractivity contribution in [1.82, 2.24) is 10.3 Å². The van der Waals surface area contributed by atoms with Crippen molar-refractivity contribution in [3.63, 3.8) is 0 Å². The van der Waals surface area contributed by atoms with Gasteiger partial charge >= 0.3 is 0 Å². The number of nitriles is 2. The van der Waals surface area contributed by atoms with E-state index < -0.39 is 41.8 Å². The number of hydrogen-bond donors (Lipinski definition) is 1. The van der Waals surface area contributed by atoms with Gasteiger partial charge in [0.05, 0.1) is 23.3 Å². The van der Waals surface area contributed by atoms with E-state index in [0.717, 1.165) is 0 Å². The van der Waals surface area contributed by atoms with E-state index in [9.17, 15) is 33.7 Å². The molecule has 3 aromatic rings. The molecule has 1 saturated carbocycles. The number of nitrogens with one attached hydrogen (secondary N) is 1. The monoisotopic (exact) mass is 616 g/mol. The van der Waals surface area contributed by atoms with Crippen molar-refractivity contribution in [3.05, 3.63) is 88.6 Å². The predicted octanol–water partition coefficient (Wildman–Crippen LogP) is 5.44. The molecule has 3 amide bonds. The molecule has 44 heavy (non-hydrogen) atoms. The standard InChI is InChI=1S/C32H27ClF2N6O3/c33-25-7-2-1-6-24(25)29(30(43)39-22-10-13-32(34,35)14-11-22)40(23-5-3-4-20(16-23)18-36)31(44)26-8-9-28(42)41(26)27-17-21(19-37)12-15-38-27/h1-7,12,15-17,22,26,29H,8-11,13-14H2,(H,39,43)/t26-,29-/m0/s1. The zero-order valence-electron chi connectivity index (χ0n) is 23.4. The van der Waals surface area contributed by atoms with Crippen LogP contribution in [0.5, 0.6) is 0 Å². The molecule has 0 spiro atoms. The normalized spacial score (nSPS) is 18.6. The third-order valence-electron chi connectivity index (χ3n) is 7.88. The zero-order valence-corrected chi connectivity index (χ0v) is 24.2. The van der Waals surface area contributed by atoms with Crippen LogP contribution in [0.25, 0.3) is 0 Å². The Morgan fingerprint density at radius 1 is 1.02 bits per heavy atom. The van der Waals surface area contributed by atoms with E-state index in [1.807, 2.05) is 12.1 Å². The highest BCUT2D eigenvalue weighted by Crippen LogP contribution is 2.37. The molecule has 0 bridgehead atoms. The number of hydrogen-bond acceptors (Lipinski definition) is 6. The second-order valence-corrected chi connectivity index (χ2v) is 11.2. The molecule has 224 valence electrons. The van der Waals surface area contributed by atoms with Crippen LogP contribution < -0.4 is 15.1 Å². The largest absolute Gasteiger partial charge is 0.351 e. The maximum absolute atomic E-state index is 14.7. The van der Waals surface area contributed by atoms with Crippen molar-refractivity contribution >= 4 is 40.8 Å².